The zero-order chi connectivity index (χ0) is 14.8. The van der Waals surface area contributed by atoms with Gasteiger partial charge in [-0.3, -0.25) is 0 Å². The molecule has 0 aliphatic carbocycles. The molecule has 0 saturated heterocycles. The number of halogens is 1. The molecular formula is C14H22FNO4. The highest BCUT2D eigenvalue weighted by Gasteiger charge is 2.06. The van der Waals surface area contributed by atoms with E-state index in [9.17, 15) is 9.50 Å². The summed E-state index contributed by atoms with van der Waals surface area (Å²) in [4.78, 5) is 0. The Morgan fingerprint density at radius 1 is 1.30 bits per heavy atom. The summed E-state index contributed by atoms with van der Waals surface area (Å²) < 4.78 is 28.4. The van der Waals surface area contributed by atoms with Gasteiger partial charge in [0.2, 0.25) is 0 Å². The predicted molar refractivity (Wildman–Crippen MR) is 74.8 cm³/mol. The molecule has 0 spiro atoms. The van der Waals surface area contributed by atoms with Gasteiger partial charge in [-0.1, -0.05) is 0 Å². The number of nitrogens with one attached hydrogen (secondary N) is 1. The number of aliphatic hydroxyl groups is 1. The Morgan fingerprint density at radius 2 is 2.05 bits per heavy atom. The van der Waals surface area contributed by atoms with Crippen molar-refractivity contribution in [3.63, 3.8) is 0 Å². The van der Waals surface area contributed by atoms with Crippen LogP contribution in [-0.2, 0) is 9.47 Å². The Bertz CT molecular complexity index is 389. The number of ether oxygens (including phenoxy) is 3. The molecule has 1 aromatic rings. The number of aliphatic hydroxyl groups excluding tert-OH is 1. The van der Waals surface area contributed by atoms with Crippen molar-refractivity contribution in [1.82, 2.24) is 0 Å². The number of hydrogen-bond donors (Lipinski definition) is 2. The van der Waals surface area contributed by atoms with Gasteiger partial charge in [-0.2, -0.15) is 0 Å². The highest BCUT2D eigenvalue weighted by Crippen LogP contribution is 2.21. The molecule has 0 saturated carbocycles. The van der Waals surface area contributed by atoms with Crippen LogP contribution in [0.15, 0.2) is 18.2 Å². The van der Waals surface area contributed by atoms with E-state index in [1.807, 2.05) is 6.92 Å². The maximum absolute atomic E-state index is 13.2. The molecule has 0 radical (unpaired) electrons. The molecule has 1 aromatic carbocycles. The summed E-state index contributed by atoms with van der Waals surface area (Å²) >= 11 is 0. The molecule has 1 atom stereocenters. The zero-order valence-electron chi connectivity index (χ0n) is 11.9. The Balaban J connectivity index is 2.25. The van der Waals surface area contributed by atoms with Crippen LogP contribution < -0.4 is 10.1 Å². The van der Waals surface area contributed by atoms with Gasteiger partial charge >= 0.3 is 0 Å². The van der Waals surface area contributed by atoms with Gasteiger partial charge in [0, 0.05) is 24.9 Å². The van der Waals surface area contributed by atoms with Crippen molar-refractivity contribution in [2.24, 2.45) is 0 Å². The molecule has 114 valence electrons. The molecule has 0 heterocycles. The fourth-order valence-electron chi connectivity index (χ4n) is 1.55. The second-order valence-electron chi connectivity index (χ2n) is 4.16. The summed E-state index contributed by atoms with van der Waals surface area (Å²) in [6, 6.07) is 4.44. The molecule has 1 rings (SSSR count). The van der Waals surface area contributed by atoms with E-state index in [-0.39, 0.29) is 12.4 Å². The fourth-order valence-corrected chi connectivity index (χ4v) is 1.55. The van der Waals surface area contributed by atoms with Crippen LogP contribution in [0.4, 0.5) is 10.1 Å². The first kappa shape index (κ1) is 16.7. The molecule has 0 aromatic heterocycles. The molecule has 0 bridgehead atoms. The quantitative estimate of drug-likeness (QED) is 0.641. The van der Waals surface area contributed by atoms with Crippen molar-refractivity contribution in [2.45, 2.75) is 13.0 Å². The molecule has 0 aliphatic rings. The smallest absolute Gasteiger partial charge is 0.165 e. The normalized spacial score (nSPS) is 12.2. The topological polar surface area (TPSA) is 60.0 Å². The Kier molecular flexibility index (Phi) is 7.94. The Morgan fingerprint density at radius 3 is 2.75 bits per heavy atom. The zero-order valence-corrected chi connectivity index (χ0v) is 11.9. The molecule has 20 heavy (non-hydrogen) atoms. The van der Waals surface area contributed by atoms with Crippen molar-refractivity contribution >= 4 is 5.69 Å². The van der Waals surface area contributed by atoms with Crippen molar-refractivity contribution in [3.8, 4) is 5.75 Å². The van der Waals surface area contributed by atoms with Crippen molar-refractivity contribution in [3.05, 3.63) is 24.0 Å². The first-order valence-corrected chi connectivity index (χ1v) is 6.58. The molecular weight excluding hydrogens is 265 g/mol. The summed E-state index contributed by atoms with van der Waals surface area (Å²) in [5.41, 5.74) is 0.677. The molecule has 0 aliphatic heterocycles. The molecule has 5 nitrogen and oxygen atoms in total. The van der Waals surface area contributed by atoms with Gasteiger partial charge in [-0.15, -0.1) is 0 Å². The van der Waals surface area contributed by atoms with E-state index in [1.54, 1.807) is 6.07 Å². The summed E-state index contributed by atoms with van der Waals surface area (Å²) in [5.74, 6) is -0.254. The van der Waals surface area contributed by atoms with E-state index in [2.05, 4.69) is 5.32 Å². The van der Waals surface area contributed by atoms with Crippen LogP contribution in [0, 0.1) is 5.82 Å². The number of hydrogen-bond acceptors (Lipinski definition) is 5. The van der Waals surface area contributed by atoms with Crippen LogP contribution in [0.1, 0.15) is 6.92 Å². The lowest BCUT2D eigenvalue weighted by Gasteiger charge is -2.14. The van der Waals surface area contributed by atoms with Gasteiger partial charge in [-0.25, -0.2) is 4.39 Å². The van der Waals surface area contributed by atoms with Crippen LogP contribution in [0.5, 0.6) is 5.75 Å². The van der Waals surface area contributed by atoms with E-state index < -0.39 is 11.9 Å². The predicted octanol–water partition coefficient (Wildman–Crippen LogP) is 1.66. The van der Waals surface area contributed by atoms with Crippen LogP contribution in [0.3, 0.4) is 0 Å². The average Bonchev–Trinajstić information content (AvgIpc) is 2.46. The van der Waals surface area contributed by atoms with Crippen LogP contribution in [-0.4, -0.2) is 51.3 Å². The maximum Gasteiger partial charge on any atom is 0.165 e. The standard InChI is InChI=1S/C14H22FNO4/c1-3-19-6-7-20-10-12(17)9-16-11-4-5-13(15)14(8-11)18-2/h4-5,8,12,16-17H,3,6-7,9-10H2,1-2H3. The van der Waals surface area contributed by atoms with Crippen LogP contribution >= 0.6 is 0 Å². The van der Waals surface area contributed by atoms with Gasteiger partial charge in [-0.05, 0) is 19.1 Å². The lowest BCUT2D eigenvalue weighted by molar-refractivity contribution is 0.0103. The van der Waals surface area contributed by atoms with Crippen LogP contribution in [0.25, 0.3) is 0 Å². The molecule has 0 amide bonds. The highest BCUT2D eigenvalue weighted by atomic mass is 19.1. The second-order valence-corrected chi connectivity index (χ2v) is 4.16. The summed E-state index contributed by atoms with van der Waals surface area (Å²) in [5, 5.41) is 12.7. The Hall–Kier alpha value is -1.37. The second kappa shape index (κ2) is 9.52. The van der Waals surface area contributed by atoms with Crippen molar-refractivity contribution in [2.75, 3.05) is 45.4 Å². The highest BCUT2D eigenvalue weighted by molar-refractivity contribution is 5.48. The number of anilines is 1. The maximum atomic E-state index is 13.2. The van der Waals surface area contributed by atoms with Crippen molar-refractivity contribution < 1.29 is 23.7 Å². The summed E-state index contributed by atoms with van der Waals surface area (Å²) in [6.07, 6.45) is -0.646. The van der Waals surface area contributed by atoms with Gasteiger partial charge in [0.15, 0.2) is 11.6 Å². The third-order valence-corrected chi connectivity index (χ3v) is 2.58. The minimum absolute atomic E-state index is 0.164. The average molecular weight is 287 g/mol. The van der Waals surface area contributed by atoms with Gasteiger partial charge in [0.1, 0.15) is 0 Å². The number of benzene rings is 1. The first-order valence-electron chi connectivity index (χ1n) is 6.58. The van der Waals surface area contributed by atoms with Gasteiger partial charge in [0.25, 0.3) is 0 Å². The molecule has 2 N–H and O–H groups in total. The number of methoxy groups -OCH3 is 1. The molecule has 0 fully saturated rings. The largest absolute Gasteiger partial charge is 0.494 e. The lowest BCUT2D eigenvalue weighted by Crippen LogP contribution is -2.25. The van der Waals surface area contributed by atoms with E-state index in [1.165, 1.54) is 19.2 Å². The summed E-state index contributed by atoms with van der Waals surface area (Å²) in [6.45, 7) is 4.07. The molecule has 1 unspecified atom stereocenters. The fraction of sp³-hybridized carbons (Fsp3) is 0.571. The Labute approximate surface area is 118 Å². The molecule has 6 heteroatoms. The lowest BCUT2D eigenvalue weighted by atomic mass is 10.2. The minimum atomic E-state index is -0.646. The summed E-state index contributed by atoms with van der Waals surface area (Å²) in [7, 11) is 1.41. The van der Waals surface area contributed by atoms with Crippen LogP contribution in [0.2, 0.25) is 0 Å². The van der Waals surface area contributed by atoms with Crippen molar-refractivity contribution in [1.29, 1.82) is 0 Å². The third-order valence-electron chi connectivity index (χ3n) is 2.58. The van der Waals surface area contributed by atoms with E-state index in [4.69, 9.17) is 14.2 Å². The minimum Gasteiger partial charge on any atom is -0.494 e. The van der Waals surface area contributed by atoms with E-state index in [0.717, 1.165) is 0 Å². The SMILES string of the molecule is CCOCCOCC(O)CNc1ccc(F)c(OC)c1. The van der Waals surface area contributed by atoms with Gasteiger partial charge < -0.3 is 24.6 Å². The van der Waals surface area contributed by atoms with E-state index >= 15 is 0 Å². The monoisotopic (exact) mass is 287 g/mol. The van der Waals surface area contributed by atoms with Gasteiger partial charge in [0.05, 0.1) is 33.0 Å². The number of rotatable bonds is 10. The van der Waals surface area contributed by atoms with E-state index in [0.29, 0.717) is 32.1 Å². The third kappa shape index (κ3) is 6.18. The first-order chi connectivity index (χ1) is 9.67.